The fourth-order valence-electron chi connectivity index (χ4n) is 6.02. The Kier molecular flexibility index (Phi) is 8.41. The first-order chi connectivity index (χ1) is 15.6. The molecule has 3 rings (SSSR count). The Morgan fingerprint density at radius 1 is 1.30 bits per heavy atom. The topological polar surface area (TPSA) is 76.0 Å². The molecule has 0 spiro atoms. The van der Waals surface area contributed by atoms with Gasteiger partial charge < -0.3 is 19.7 Å². The van der Waals surface area contributed by atoms with Gasteiger partial charge in [-0.25, -0.2) is 4.79 Å². The van der Waals surface area contributed by atoms with Crippen LogP contribution in [-0.4, -0.2) is 40.8 Å². The predicted octanol–water partition coefficient (Wildman–Crippen LogP) is 5.25. The molecule has 3 fully saturated rings. The average molecular weight is 459 g/mol. The molecule has 1 saturated heterocycles. The molecule has 0 radical (unpaired) electrons. The van der Waals surface area contributed by atoms with Gasteiger partial charge in [-0.2, -0.15) is 0 Å². The van der Waals surface area contributed by atoms with Gasteiger partial charge in [-0.3, -0.25) is 0 Å². The molecule has 2 saturated carbocycles. The van der Waals surface area contributed by atoms with Crippen LogP contribution < -0.4 is 0 Å². The minimum Gasteiger partial charge on any atom is -0.459 e. The summed E-state index contributed by atoms with van der Waals surface area (Å²) in [4.78, 5) is 12.5. The Hall–Kier alpha value is -1.69. The highest BCUT2D eigenvalue weighted by Gasteiger charge is 2.64. The zero-order valence-electron chi connectivity index (χ0n) is 20.8. The van der Waals surface area contributed by atoms with Gasteiger partial charge in [0.05, 0.1) is 6.61 Å². The number of rotatable bonds is 8. The molecule has 5 heteroatoms. The van der Waals surface area contributed by atoms with Crippen molar-refractivity contribution in [1.82, 2.24) is 0 Å². The second kappa shape index (κ2) is 10.7. The molecular formula is C28H42O5. The van der Waals surface area contributed by atoms with Gasteiger partial charge in [0, 0.05) is 12.0 Å². The van der Waals surface area contributed by atoms with E-state index in [-0.39, 0.29) is 41.8 Å². The summed E-state index contributed by atoms with van der Waals surface area (Å²) in [6.45, 7) is 12.8. The van der Waals surface area contributed by atoms with Crippen molar-refractivity contribution >= 4 is 5.97 Å². The Bertz CT molecular complexity index is 811. The lowest BCUT2D eigenvalue weighted by Crippen LogP contribution is -2.64. The second-order valence-corrected chi connectivity index (χ2v) is 10.5. The van der Waals surface area contributed by atoms with Gasteiger partial charge in [0.15, 0.2) is 5.79 Å². The lowest BCUT2D eigenvalue weighted by molar-refractivity contribution is -0.306. The molecule has 2 N–H and O–H groups in total. The molecule has 7 unspecified atom stereocenters. The van der Waals surface area contributed by atoms with Crippen molar-refractivity contribution in [3.8, 4) is 0 Å². The molecule has 1 heterocycles. The van der Waals surface area contributed by atoms with Gasteiger partial charge in [0.1, 0.15) is 12.2 Å². The summed E-state index contributed by atoms with van der Waals surface area (Å²) in [5, 5.41) is 22.0. The van der Waals surface area contributed by atoms with Crippen LogP contribution in [0, 0.1) is 23.2 Å². The molecule has 0 bridgehead atoms. The van der Waals surface area contributed by atoms with E-state index in [1.54, 1.807) is 6.08 Å². The molecule has 33 heavy (non-hydrogen) atoms. The summed E-state index contributed by atoms with van der Waals surface area (Å²) in [5.41, 5.74) is 1.64. The Labute approximate surface area is 199 Å². The first-order valence-electron chi connectivity index (χ1n) is 12.6. The summed E-state index contributed by atoms with van der Waals surface area (Å²) < 4.78 is 11.4. The van der Waals surface area contributed by atoms with E-state index in [9.17, 15) is 15.0 Å². The van der Waals surface area contributed by atoms with Crippen LogP contribution in [0.25, 0.3) is 0 Å². The maximum absolute atomic E-state index is 12.5. The number of esters is 1. The van der Waals surface area contributed by atoms with E-state index in [1.165, 1.54) is 25.3 Å². The molecule has 0 aromatic rings. The SMILES string of the molecule is C=C1COC2(O)C1CC1(C)C(C)C(OC(=O)C=CC=C(C)C=CCCCCC)CCC1C2O. The van der Waals surface area contributed by atoms with Crippen LogP contribution in [0.15, 0.2) is 48.1 Å². The van der Waals surface area contributed by atoms with Crippen molar-refractivity contribution in [2.24, 2.45) is 23.2 Å². The maximum Gasteiger partial charge on any atom is 0.331 e. The third-order valence-corrected chi connectivity index (χ3v) is 8.35. The smallest absolute Gasteiger partial charge is 0.331 e. The standard InChI is InChI=1S/C28H42O5/c1-6-7-8-9-10-12-19(2)13-11-14-25(29)33-24-16-15-22-26(30)28(31)23(20(3)18-32-28)17-27(22,5)21(24)4/h10-14,21-24,26,30-31H,3,6-9,15-18H2,1-2,4-5H3. The number of aliphatic hydroxyl groups is 2. The number of carbonyl (C=O) groups excluding carboxylic acids is 1. The number of fused-ring (bicyclic) bond motifs is 2. The fourth-order valence-corrected chi connectivity index (χ4v) is 6.02. The minimum absolute atomic E-state index is 0.0459. The van der Waals surface area contributed by atoms with Gasteiger partial charge in [-0.1, -0.05) is 70.1 Å². The van der Waals surface area contributed by atoms with Crippen molar-refractivity contribution in [3.63, 3.8) is 0 Å². The lowest BCUT2D eigenvalue weighted by Gasteiger charge is -2.58. The second-order valence-electron chi connectivity index (χ2n) is 10.5. The van der Waals surface area contributed by atoms with Crippen molar-refractivity contribution in [2.75, 3.05) is 6.61 Å². The van der Waals surface area contributed by atoms with Crippen molar-refractivity contribution in [1.29, 1.82) is 0 Å². The number of carbonyl (C=O) groups is 1. The van der Waals surface area contributed by atoms with E-state index in [1.807, 2.05) is 13.0 Å². The Morgan fingerprint density at radius 3 is 2.79 bits per heavy atom. The van der Waals surface area contributed by atoms with E-state index in [4.69, 9.17) is 9.47 Å². The van der Waals surface area contributed by atoms with Crippen LogP contribution in [0.5, 0.6) is 0 Å². The summed E-state index contributed by atoms with van der Waals surface area (Å²) in [5.74, 6) is -2.24. The Balaban J connectivity index is 1.59. The van der Waals surface area contributed by atoms with E-state index < -0.39 is 11.9 Å². The first-order valence-corrected chi connectivity index (χ1v) is 12.6. The van der Waals surface area contributed by atoms with Crippen LogP contribution in [-0.2, 0) is 14.3 Å². The first kappa shape index (κ1) is 25.9. The van der Waals surface area contributed by atoms with E-state index in [2.05, 4.69) is 39.5 Å². The summed E-state index contributed by atoms with van der Waals surface area (Å²) in [6, 6.07) is 0. The van der Waals surface area contributed by atoms with Crippen LogP contribution in [0.3, 0.4) is 0 Å². The molecule has 2 aliphatic carbocycles. The van der Waals surface area contributed by atoms with Gasteiger partial charge in [-0.05, 0) is 61.9 Å². The van der Waals surface area contributed by atoms with Crippen LogP contribution in [0.4, 0.5) is 0 Å². The molecule has 0 aromatic carbocycles. The number of hydrogen-bond acceptors (Lipinski definition) is 5. The highest BCUT2D eigenvalue weighted by Crippen LogP contribution is 2.60. The summed E-state index contributed by atoms with van der Waals surface area (Å²) in [7, 11) is 0. The molecule has 7 atom stereocenters. The van der Waals surface area contributed by atoms with Crippen molar-refractivity contribution < 1.29 is 24.5 Å². The molecule has 5 nitrogen and oxygen atoms in total. The molecular weight excluding hydrogens is 416 g/mol. The van der Waals surface area contributed by atoms with Crippen LogP contribution in [0.1, 0.15) is 72.6 Å². The molecule has 0 aromatic heterocycles. The number of allylic oxidation sites excluding steroid dienone is 5. The van der Waals surface area contributed by atoms with Crippen LogP contribution >= 0.6 is 0 Å². The van der Waals surface area contributed by atoms with Gasteiger partial charge >= 0.3 is 5.97 Å². The fraction of sp³-hybridized carbons (Fsp3) is 0.679. The monoisotopic (exact) mass is 458 g/mol. The number of hydrogen-bond donors (Lipinski definition) is 2. The van der Waals surface area contributed by atoms with Gasteiger partial charge in [0.2, 0.25) is 0 Å². The number of unbranched alkanes of at least 4 members (excludes halogenated alkanes) is 3. The highest BCUT2D eigenvalue weighted by molar-refractivity contribution is 5.82. The van der Waals surface area contributed by atoms with E-state index >= 15 is 0 Å². The number of aliphatic hydroxyl groups excluding tert-OH is 1. The molecule has 0 amide bonds. The summed E-state index contributed by atoms with van der Waals surface area (Å²) >= 11 is 0. The molecule has 184 valence electrons. The number of ether oxygens (including phenoxy) is 2. The zero-order chi connectivity index (χ0) is 24.2. The highest BCUT2D eigenvalue weighted by atomic mass is 16.6. The van der Waals surface area contributed by atoms with E-state index in [0.717, 1.165) is 17.6 Å². The van der Waals surface area contributed by atoms with Gasteiger partial charge in [-0.15, -0.1) is 0 Å². The zero-order valence-corrected chi connectivity index (χ0v) is 20.8. The minimum atomic E-state index is -1.54. The van der Waals surface area contributed by atoms with Crippen molar-refractivity contribution in [3.05, 3.63) is 48.1 Å². The Morgan fingerprint density at radius 2 is 2.06 bits per heavy atom. The third-order valence-electron chi connectivity index (χ3n) is 8.35. The average Bonchev–Trinajstić information content (AvgIpc) is 3.06. The van der Waals surface area contributed by atoms with Crippen LogP contribution in [0.2, 0.25) is 0 Å². The molecule has 3 aliphatic rings. The lowest BCUT2D eigenvalue weighted by atomic mass is 9.50. The normalized spacial score (nSPS) is 39.2. The largest absolute Gasteiger partial charge is 0.459 e. The van der Waals surface area contributed by atoms with Gasteiger partial charge in [0.25, 0.3) is 0 Å². The quantitative estimate of drug-likeness (QED) is 0.171. The van der Waals surface area contributed by atoms with E-state index in [0.29, 0.717) is 19.3 Å². The predicted molar refractivity (Wildman–Crippen MR) is 130 cm³/mol. The molecule has 1 aliphatic heterocycles. The third kappa shape index (κ3) is 5.36. The summed E-state index contributed by atoms with van der Waals surface area (Å²) in [6.07, 6.45) is 15.0. The van der Waals surface area contributed by atoms with Crippen molar-refractivity contribution in [2.45, 2.75) is 90.6 Å². The maximum atomic E-state index is 12.5.